The number of hydrogen-bond donors (Lipinski definition) is 0. The van der Waals surface area contributed by atoms with Crippen LogP contribution in [0.1, 0.15) is 0 Å². The van der Waals surface area contributed by atoms with Crippen molar-refractivity contribution in [3.05, 3.63) is 32.7 Å². The number of halogens is 3. The van der Waals surface area contributed by atoms with Crippen LogP contribution in [0.4, 0.5) is 8.78 Å². The lowest BCUT2D eigenvalue weighted by molar-refractivity contribution is -0.112. The zero-order valence-electron chi connectivity index (χ0n) is 6.14. The molecule has 1 amide bonds. The molecule has 66 valence electrons. The minimum Gasteiger partial charge on any atom is -0.267 e. The molecule has 2 rings (SSSR count). The third-order valence-electron chi connectivity index (χ3n) is 1.68. The van der Waals surface area contributed by atoms with Gasteiger partial charge in [-0.1, -0.05) is 0 Å². The Bertz CT molecular complexity index is 524. The number of amides is 1. The fraction of sp³-hybridized carbons (Fsp3) is 0. The summed E-state index contributed by atoms with van der Waals surface area (Å²) in [7, 11) is 0. The first-order valence-corrected chi connectivity index (χ1v) is 4.17. The predicted molar refractivity (Wildman–Crippen MR) is 44.3 cm³/mol. The van der Waals surface area contributed by atoms with Gasteiger partial charge in [-0.15, -0.1) is 0 Å². The minimum absolute atomic E-state index is 0.0401. The summed E-state index contributed by atoms with van der Waals surface area (Å²) in [5, 5.41) is 0.0847. The van der Waals surface area contributed by atoms with Crippen LogP contribution in [0.25, 0.3) is 6.08 Å². The number of fused-ring (bicyclic) bond motifs is 1. The van der Waals surface area contributed by atoms with Gasteiger partial charge < -0.3 is 0 Å². The SMILES string of the molecule is O=C1C=c2c(F)c(Br)c(F)cc2=N1. The molecule has 0 radical (unpaired) electrons. The van der Waals surface area contributed by atoms with Gasteiger partial charge in [-0.05, 0) is 15.9 Å². The molecule has 0 saturated carbocycles. The number of carbonyl (C=O) groups is 1. The lowest BCUT2D eigenvalue weighted by Crippen LogP contribution is -2.26. The Kier molecular flexibility index (Phi) is 1.76. The number of nitrogens with zero attached hydrogens (tertiary/aromatic N) is 1. The molecular weight excluding hydrogens is 244 g/mol. The van der Waals surface area contributed by atoms with E-state index >= 15 is 0 Å². The van der Waals surface area contributed by atoms with Gasteiger partial charge in [-0.25, -0.2) is 13.8 Å². The molecule has 1 heterocycles. The molecular formula is C8H2BrF2NO. The maximum absolute atomic E-state index is 13.2. The van der Waals surface area contributed by atoms with Crippen LogP contribution < -0.4 is 10.6 Å². The Balaban J connectivity index is 2.98. The summed E-state index contributed by atoms with van der Waals surface area (Å²) in [4.78, 5) is 14.2. The zero-order valence-corrected chi connectivity index (χ0v) is 7.73. The second kappa shape index (κ2) is 2.70. The highest BCUT2D eigenvalue weighted by Gasteiger charge is 2.14. The van der Waals surface area contributed by atoms with E-state index in [1.165, 1.54) is 0 Å². The smallest absolute Gasteiger partial charge is 0.267 e. The summed E-state index contributed by atoms with van der Waals surface area (Å²) in [6.07, 6.45) is 1.04. The van der Waals surface area contributed by atoms with Gasteiger partial charge in [0, 0.05) is 17.4 Å². The highest BCUT2D eigenvalue weighted by atomic mass is 79.9. The average molecular weight is 246 g/mol. The minimum atomic E-state index is -0.787. The number of benzene rings is 1. The van der Waals surface area contributed by atoms with Crippen LogP contribution >= 0.6 is 15.9 Å². The maximum Gasteiger partial charge on any atom is 0.271 e. The molecule has 0 aliphatic carbocycles. The molecule has 0 bridgehead atoms. The molecule has 1 aliphatic heterocycles. The van der Waals surface area contributed by atoms with E-state index in [1.807, 2.05) is 0 Å². The molecule has 1 aromatic carbocycles. The van der Waals surface area contributed by atoms with Gasteiger partial charge in [-0.3, -0.25) is 4.79 Å². The van der Waals surface area contributed by atoms with Crippen LogP contribution in [0.5, 0.6) is 0 Å². The molecule has 0 N–H and O–H groups in total. The molecule has 0 atom stereocenters. The van der Waals surface area contributed by atoms with Crippen LogP contribution in [0.15, 0.2) is 15.5 Å². The molecule has 2 nitrogen and oxygen atoms in total. The first-order chi connectivity index (χ1) is 6.09. The fourth-order valence-electron chi connectivity index (χ4n) is 1.10. The van der Waals surface area contributed by atoms with Gasteiger partial charge in [0.25, 0.3) is 5.91 Å². The van der Waals surface area contributed by atoms with Crippen LogP contribution in [0, 0.1) is 11.6 Å². The standard InChI is InChI=1S/C8H2BrF2NO/c9-7-4(10)2-5-3(8(7)11)1-6(13)12-5/h1-2H. The molecule has 0 spiro atoms. The highest BCUT2D eigenvalue weighted by molar-refractivity contribution is 9.10. The molecule has 1 aliphatic rings. The second-order valence-corrected chi connectivity index (χ2v) is 3.31. The third kappa shape index (κ3) is 1.19. The van der Waals surface area contributed by atoms with Crippen molar-refractivity contribution in [3.8, 4) is 0 Å². The van der Waals surface area contributed by atoms with E-state index in [4.69, 9.17) is 0 Å². The monoisotopic (exact) mass is 245 g/mol. The summed E-state index contributed by atoms with van der Waals surface area (Å²) in [5.74, 6) is -2.11. The van der Waals surface area contributed by atoms with Crippen molar-refractivity contribution in [2.75, 3.05) is 0 Å². The number of carbonyl (C=O) groups excluding carboxylic acids is 1. The molecule has 0 aromatic heterocycles. The van der Waals surface area contributed by atoms with Crippen LogP contribution in [-0.2, 0) is 4.79 Å². The van der Waals surface area contributed by atoms with E-state index in [9.17, 15) is 13.6 Å². The summed E-state index contributed by atoms with van der Waals surface area (Å²) in [6.45, 7) is 0. The Morgan fingerprint density at radius 1 is 1.38 bits per heavy atom. The summed E-state index contributed by atoms with van der Waals surface area (Å²) in [6, 6.07) is 1.02. The van der Waals surface area contributed by atoms with E-state index < -0.39 is 17.5 Å². The highest BCUT2D eigenvalue weighted by Crippen LogP contribution is 2.14. The van der Waals surface area contributed by atoms with Gasteiger partial charge in [0.15, 0.2) is 0 Å². The zero-order chi connectivity index (χ0) is 9.59. The normalized spacial score (nSPS) is 13.6. The summed E-state index contributed by atoms with van der Waals surface area (Å²) < 4.78 is 25.8. The van der Waals surface area contributed by atoms with Crippen molar-refractivity contribution in [1.82, 2.24) is 0 Å². The van der Waals surface area contributed by atoms with Crippen LogP contribution in [0.3, 0.4) is 0 Å². The Hall–Kier alpha value is -1.10. The van der Waals surface area contributed by atoms with Crippen molar-refractivity contribution in [3.63, 3.8) is 0 Å². The van der Waals surface area contributed by atoms with Crippen molar-refractivity contribution in [1.29, 1.82) is 0 Å². The van der Waals surface area contributed by atoms with Crippen molar-refractivity contribution >= 4 is 27.9 Å². The van der Waals surface area contributed by atoms with Crippen LogP contribution in [0.2, 0.25) is 0 Å². The molecule has 0 saturated heterocycles. The van der Waals surface area contributed by atoms with Gasteiger partial charge >= 0.3 is 0 Å². The first-order valence-electron chi connectivity index (χ1n) is 3.37. The average Bonchev–Trinajstić information content (AvgIpc) is 2.42. The quantitative estimate of drug-likeness (QED) is 0.618. The first kappa shape index (κ1) is 8.50. The van der Waals surface area contributed by atoms with Gasteiger partial charge in [-0.2, -0.15) is 0 Å². The molecule has 0 fully saturated rings. The van der Waals surface area contributed by atoms with Crippen molar-refractivity contribution < 1.29 is 13.6 Å². The van der Waals surface area contributed by atoms with E-state index in [0.29, 0.717) is 0 Å². The predicted octanol–water partition coefficient (Wildman–Crippen LogP) is 0.668. The van der Waals surface area contributed by atoms with E-state index in [0.717, 1.165) is 12.1 Å². The Morgan fingerprint density at radius 2 is 2.08 bits per heavy atom. The van der Waals surface area contributed by atoms with Crippen LogP contribution in [-0.4, -0.2) is 5.91 Å². The number of rotatable bonds is 0. The molecule has 13 heavy (non-hydrogen) atoms. The van der Waals surface area contributed by atoms with Gasteiger partial charge in [0.1, 0.15) is 11.6 Å². The van der Waals surface area contributed by atoms with E-state index in [2.05, 4.69) is 20.9 Å². The lowest BCUT2D eigenvalue weighted by Gasteiger charge is -1.94. The summed E-state index contributed by atoms with van der Waals surface area (Å²) in [5.41, 5.74) is 0. The van der Waals surface area contributed by atoms with Gasteiger partial charge in [0.05, 0.1) is 9.83 Å². The lowest BCUT2D eigenvalue weighted by atomic mass is 10.2. The fourth-order valence-corrected chi connectivity index (χ4v) is 1.43. The molecule has 5 heteroatoms. The number of hydrogen-bond acceptors (Lipinski definition) is 1. The Morgan fingerprint density at radius 3 is 2.77 bits per heavy atom. The topological polar surface area (TPSA) is 29.4 Å². The Labute approximate surface area is 79.7 Å². The van der Waals surface area contributed by atoms with E-state index in [1.54, 1.807) is 0 Å². The largest absolute Gasteiger partial charge is 0.271 e. The van der Waals surface area contributed by atoms with Crippen molar-refractivity contribution in [2.24, 2.45) is 4.99 Å². The third-order valence-corrected chi connectivity index (χ3v) is 2.40. The van der Waals surface area contributed by atoms with Gasteiger partial charge in [0.2, 0.25) is 0 Å². The summed E-state index contributed by atoms with van der Waals surface area (Å²) >= 11 is 2.73. The van der Waals surface area contributed by atoms with E-state index in [-0.39, 0.29) is 15.0 Å². The maximum atomic E-state index is 13.2. The second-order valence-electron chi connectivity index (χ2n) is 2.51. The molecule has 0 unspecified atom stereocenters. The molecule has 1 aromatic rings. The van der Waals surface area contributed by atoms with Crippen molar-refractivity contribution in [2.45, 2.75) is 0 Å².